The molecule has 0 atom stereocenters. The van der Waals surface area contributed by atoms with E-state index in [0.717, 1.165) is 22.6 Å². The average molecular weight is 251 g/mol. The first-order valence-electron chi connectivity index (χ1n) is 5.98. The number of aryl methyl sites for hydroxylation is 1. The van der Waals surface area contributed by atoms with Crippen LogP contribution >= 0.6 is 0 Å². The van der Waals surface area contributed by atoms with Gasteiger partial charge in [-0.25, -0.2) is 0 Å². The van der Waals surface area contributed by atoms with Gasteiger partial charge in [0.1, 0.15) is 12.3 Å². The predicted octanol–water partition coefficient (Wildman–Crippen LogP) is 2.71. The van der Waals surface area contributed by atoms with Gasteiger partial charge in [0, 0.05) is 5.69 Å². The summed E-state index contributed by atoms with van der Waals surface area (Å²) in [6.45, 7) is 6.36. The molecule has 18 heavy (non-hydrogen) atoms. The van der Waals surface area contributed by atoms with E-state index in [1.54, 1.807) is 7.11 Å². The second-order valence-electron chi connectivity index (χ2n) is 4.49. The van der Waals surface area contributed by atoms with E-state index in [-0.39, 0.29) is 12.5 Å². The van der Waals surface area contributed by atoms with Gasteiger partial charge in [-0.3, -0.25) is 4.79 Å². The molecule has 0 aliphatic heterocycles. The third-order valence-electron chi connectivity index (χ3n) is 2.85. The summed E-state index contributed by atoms with van der Waals surface area (Å²) in [5.74, 6) is 0.960. The lowest BCUT2D eigenvalue weighted by Gasteiger charge is -2.16. The Bertz CT molecular complexity index is 427. The Kier molecular flexibility index (Phi) is 5.01. The van der Waals surface area contributed by atoms with Crippen LogP contribution in [0, 0.1) is 6.92 Å². The SMILES string of the molecule is COC(=O)CNc1cc(C(C)C)c(OC)cc1C. The van der Waals surface area contributed by atoms with Crippen LogP contribution in [0.5, 0.6) is 5.75 Å². The predicted molar refractivity (Wildman–Crippen MR) is 72.3 cm³/mol. The number of rotatable bonds is 5. The van der Waals surface area contributed by atoms with E-state index in [1.807, 2.05) is 19.1 Å². The Labute approximate surface area is 108 Å². The second-order valence-corrected chi connectivity index (χ2v) is 4.49. The molecule has 100 valence electrons. The fraction of sp³-hybridized carbons (Fsp3) is 0.500. The molecular weight excluding hydrogens is 230 g/mol. The summed E-state index contributed by atoms with van der Waals surface area (Å²) in [4.78, 5) is 11.1. The summed E-state index contributed by atoms with van der Waals surface area (Å²) in [6, 6.07) is 4.01. The summed E-state index contributed by atoms with van der Waals surface area (Å²) in [5, 5.41) is 3.08. The summed E-state index contributed by atoms with van der Waals surface area (Å²) < 4.78 is 9.98. The smallest absolute Gasteiger partial charge is 0.325 e. The fourth-order valence-corrected chi connectivity index (χ4v) is 1.76. The Morgan fingerprint density at radius 3 is 2.50 bits per heavy atom. The Morgan fingerprint density at radius 2 is 2.00 bits per heavy atom. The average Bonchev–Trinajstić information content (AvgIpc) is 2.35. The molecule has 1 N–H and O–H groups in total. The van der Waals surface area contributed by atoms with Crippen LogP contribution in [0.2, 0.25) is 0 Å². The molecule has 4 heteroatoms. The minimum atomic E-state index is -0.281. The lowest BCUT2D eigenvalue weighted by molar-refractivity contribution is -0.138. The number of nitrogens with one attached hydrogen (secondary N) is 1. The molecule has 0 unspecified atom stereocenters. The lowest BCUT2D eigenvalue weighted by Crippen LogP contribution is -2.15. The Hall–Kier alpha value is -1.71. The van der Waals surface area contributed by atoms with Gasteiger partial charge in [0.15, 0.2) is 0 Å². The van der Waals surface area contributed by atoms with Gasteiger partial charge in [-0.15, -0.1) is 0 Å². The van der Waals surface area contributed by atoms with Crippen LogP contribution in [0.1, 0.15) is 30.9 Å². The van der Waals surface area contributed by atoms with Gasteiger partial charge in [-0.1, -0.05) is 13.8 Å². The van der Waals surface area contributed by atoms with Crippen molar-refractivity contribution in [2.24, 2.45) is 0 Å². The molecule has 0 radical (unpaired) electrons. The zero-order chi connectivity index (χ0) is 13.7. The molecule has 0 aliphatic carbocycles. The second kappa shape index (κ2) is 6.28. The highest BCUT2D eigenvalue weighted by Gasteiger charge is 2.11. The number of carbonyl (C=O) groups excluding carboxylic acids is 1. The highest BCUT2D eigenvalue weighted by molar-refractivity contribution is 5.75. The maximum absolute atomic E-state index is 11.1. The van der Waals surface area contributed by atoms with Crippen molar-refractivity contribution in [3.8, 4) is 5.75 Å². The molecular formula is C14H21NO3. The van der Waals surface area contributed by atoms with Gasteiger partial charge in [0.2, 0.25) is 0 Å². The van der Waals surface area contributed by atoms with Gasteiger partial charge < -0.3 is 14.8 Å². The monoisotopic (exact) mass is 251 g/mol. The topological polar surface area (TPSA) is 47.6 Å². The normalized spacial score (nSPS) is 10.3. The van der Waals surface area contributed by atoms with Gasteiger partial charge >= 0.3 is 5.97 Å². The first-order chi connectivity index (χ1) is 8.49. The number of esters is 1. The van der Waals surface area contributed by atoms with Crippen molar-refractivity contribution in [1.29, 1.82) is 0 Å². The van der Waals surface area contributed by atoms with Crippen molar-refractivity contribution in [2.45, 2.75) is 26.7 Å². The van der Waals surface area contributed by atoms with Crippen molar-refractivity contribution in [2.75, 3.05) is 26.1 Å². The van der Waals surface area contributed by atoms with Crippen molar-refractivity contribution >= 4 is 11.7 Å². The summed E-state index contributed by atoms with van der Waals surface area (Å²) in [5.41, 5.74) is 3.10. The molecule has 4 nitrogen and oxygen atoms in total. The zero-order valence-corrected chi connectivity index (χ0v) is 11.7. The van der Waals surface area contributed by atoms with Crippen LogP contribution in [0.4, 0.5) is 5.69 Å². The van der Waals surface area contributed by atoms with E-state index < -0.39 is 0 Å². The minimum Gasteiger partial charge on any atom is -0.496 e. The highest BCUT2D eigenvalue weighted by atomic mass is 16.5. The van der Waals surface area contributed by atoms with Crippen LogP contribution in [-0.2, 0) is 9.53 Å². The van der Waals surface area contributed by atoms with E-state index in [9.17, 15) is 4.79 Å². The van der Waals surface area contributed by atoms with Crippen LogP contribution in [-0.4, -0.2) is 26.7 Å². The molecule has 1 aromatic rings. The maximum Gasteiger partial charge on any atom is 0.325 e. The van der Waals surface area contributed by atoms with E-state index in [1.165, 1.54) is 7.11 Å². The quantitative estimate of drug-likeness (QED) is 0.817. The third kappa shape index (κ3) is 3.39. The third-order valence-corrected chi connectivity index (χ3v) is 2.85. The van der Waals surface area contributed by atoms with E-state index in [2.05, 4.69) is 23.9 Å². The number of hydrogen-bond donors (Lipinski definition) is 1. The van der Waals surface area contributed by atoms with Crippen molar-refractivity contribution in [3.05, 3.63) is 23.3 Å². The minimum absolute atomic E-state index is 0.168. The molecule has 0 aromatic heterocycles. The van der Waals surface area contributed by atoms with Gasteiger partial charge in [0.05, 0.1) is 14.2 Å². The Morgan fingerprint density at radius 1 is 1.33 bits per heavy atom. The number of carbonyl (C=O) groups is 1. The number of benzene rings is 1. The number of hydrogen-bond acceptors (Lipinski definition) is 4. The molecule has 1 aromatic carbocycles. The first-order valence-corrected chi connectivity index (χ1v) is 5.98. The molecule has 0 amide bonds. The molecule has 0 aliphatic rings. The first kappa shape index (κ1) is 14.4. The summed E-state index contributed by atoms with van der Waals surface area (Å²) >= 11 is 0. The number of ether oxygens (including phenoxy) is 2. The van der Waals surface area contributed by atoms with E-state index in [4.69, 9.17) is 4.74 Å². The molecule has 0 saturated heterocycles. The largest absolute Gasteiger partial charge is 0.496 e. The van der Waals surface area contributed by atoms with Crippen LogP contribution < -0.4 is 10.1 Å². The van der Waals surface area contributed by atoms with Crippen LogP contribution in [0.3, 0.4) is 0 Å². The zero-order valence-electron chi connectivity index (χ0n) is 11.7. The molecule has 0 heterocycles. The molecule has 0 spiro atoms. The van der Waals surface area contributed by atoms with Crippen molar-refractivity contribution in [3.63, 3.8) is 0 Å². The van der Waals surface area contributed by atoms with Crippen molar-refractivity contribution < 1.29 is 14.3 Å². The van der Waals surface area contributed by atoms with Gasteiger partial charge in [0.25, 0.3) is 0 Å². The van der Waals surface area contributed by atoms with E-state index in [0.29, 0.717) is 5.92 Å². The number of methoxy groups -OCH3 is 2. The van der Waals surface area contributed by atoms with Gasteiger partial charge in [-0.05, 0) is 36.1 Å². The maximum atomic E-state index is 11.1. The summed E-state index contributed by atoms with van der Waals surface area (Å²) in [7, 11) is 3.05. The number of anilines is 1. The molecule has 0 fully saturated rings. The fourth-order valence-electron chi connectivity index (χ4n) is 1.76. The van der Waals surface area contributed by atoms with Crippen molar-refractivity contribution in [1.82, 2.24) is 0 Å². The molecule has 0 saturated carbocycles. The standard InChI is InChI=1S/C14H21NO3/c1-9(2)11-7-12(15-8-14(16)18-5)10(3)6-13(11)17-4/h6-7,9,15H,8H2,1-5H3. The van der Waals surface area contributed by atoms with Crippen LogP contribution in [0.25, 0.3) is 0 Å². The lowest BCUT2D eigenvalue weighted by atomic mass is 9.99. The summed E-state index contributed by atoms with van der Waals surface area (Å²) in [6.07, 6.45) is 0. The highest BCUT2D eigenvalue weighted by Crippen LogP contribution is 2.31. The Balaban J connectivity index is 2.98. The van der Waals surface area contributed by atoms with E-state index >= 15 is 0 Å². The molecule has 0 bridgehead atoms. The van der Waals surface area contributed by atoms with Crippen LogP contribution in [0.15, 0.2) is 12.1 Å². The van der Waals surface area contributed by atoms with Gasteiger partial charge in [-0.2, -0.15) is 0 Å². The molecule has 1 rings (SSSR count).